The van der Waals surface area contributed by atoms with Gasteiger partial charge in [-0.1, -0.05) is 30.3 Å². The Kier molecular flexibility index (Phi) is 7.68. The van der Waals surface area contributed by atoms with Crippen molar-refractivity contribution in [1.82, 2.24) is 10.2 Å². The molecule has 0 saturated carbocycles. The molecular formula is C15H22N2O3S. The first kappa shape index (κ1) is 17.4. The minimum Gasteiger partial charge on any atom is -0.480 e. The van der Waals surface area contributed by atoms with E-state index in [-0.39, 0.29) is 6.03 Å². The number of hydrogen-bond donors (Lipinski definition) is 2. The van der Waals surface area contributed by atoms with Gasteiger partial charge in [-0.2, -0.15) is 11.8 Å². The summed E-state index contributed by atoms with van der Waals surface area (Å²) in [5.41, 5.74) is 1.06. The summed E-state index contributed by atoms with van der Waals surface area (Å²) in [5.74, 6) is -0.177. The van der Waals surface area contributed by atoms with E-state index < -0.39 is 12.0 Å². The summed E-state index contributed by atoms with van der Waals surface area (Å²) >= 11 is 1.64. The number of aliphatic carboxylic acids is 1. The molecule has 6 heteroatoms. The van der Waals surface area contributed by atoms with Crippen molar-refractivity contribution < 1.29 is 14.7 Å². The number of urea groups is 1. The fourth-order valence-corrected chi connectivity index (χ4v) is 2.26. The van der Waals surface area contributed by atoms with Crippen LogP contribution in [0, 0.1) is 0 Å². The van der Waals surface area contributed by atoms with Crippen LogP contribution in [0.3, 0.4) is 0 Å². The van der Waals surface area contributed by atoms with Gasteiger partial charge in [0, 0.05) is 19.3 Å². The Bertz CT molecular complexity index is 453. The van der Waals surface area contributed by atoms with Crippen LogP contribution in [0.4, 0.5) is 4.79 Å². The molecule has 0 aliphatic carbocycles. The van der Waals surface area contributed by atoms with Gasteiger partial charge in [-0.25, -0.2) is 9.59 Å². The molecule has 1 rings (SSSR count). The molecule has 0 aromatic heterocycles. The zero-order valence-corrected chi connectivity index (χ0v) is 13.2. The zero-order valence-electron chi connectivity index (χ0n) is 12.4. The largest absolute Gasteiger partial charge is 0.480 e. The highest BCUT2D eigenvalue weighted by atomic mass is 32.2. The Hall–Kier alpha value is -1.69. The smallest absolute Gasteiger partial charge is 0.326 e. The van der Waals surface area contributed by atoms with E-state index in [0.29, 0.717) is 19.4 Å². The van der Waals surface area contributed by atoms with E-state index in [4.69, 9.17) is 0 Å². The van der Waals surface area contributed by atoms with Crippen molar-refractivity contribution in [3.8, 4) is 0 Å². The van der Waals surface area contributed by atoms with Gasteiger partial charge in [0.2, 0.25) is 0 Å². The van der Waals surface area contributed by atoms with Crippen LogP contribution in [0.1, 0.15) is 12.0 Å². The number of aryl methyl sites for hydroxylation is 1. The van der Waals surface area contributed by atoms with Crippen LogP contribution in [-0.2, 0) is 11.2 Å². The molecule has 0 spiro atoms. The zero-order chi connectivity index (χ0) is 15.7. The molecule has 1 aromatic rings. The summed E-state index contributed by atoms with van der Waals surface area (Å²) in [4.78, 5) is 24.7. The molecule has 0 unspecified atom stereocenters. The second-order valence-corrected chi connectivity index (χ2v) is 5.76. The number of rotatable bonds is 8. The average molecular weight is 310 g/mol. The number of carboxylic acids is 1. The Labute approximate surface area is 129 Å². The summed E-state index contributed by atoms with van der Waals surface area (Å²) < 4.78 is 0. The molecule has 116 valence electrons. The van der Waals surface area contributed by atoms with E-state index in [2.05, 4.69) is 5.32 Å². The number of carboxylic acid groups (broad SMARTS) is 1. The SMILES string of the molecule is CSCCN(C)C(=O)N[C@@H](CCc1ccccc1)C(=O)O. The van der Waals surface area contributed by atoms with Crippen molar-refractivity contribution in [3.05, 3.63) is 35.9 Å². The summed E-state index contributed by atoms with van der Waals surface area (Å²) in [7, 11) is 1.67. The topological polar surface area (TPSA) is 69.6 Å². The highest BCUT2D eigenvalue weighted by Crippen LogP contribution is 2.06. The van der Waals surface area contributed by atoms with Crippen molar-refractivity contribution in [2.75, 3.05) is 25.6 Å². The normalized spacial score (nSPS) is 11.7. The lowest BCUT2D eigenvalue weighted by Crippen LogP contribution is -2.47. The molecule has 1 aromatic carbocycles. The van der Waals surface area contributed by atoms with Gasteiger partial charge in [-0.3, -0.25) is 0 Å². The van der Waals surface area contributed by atoms with Crippen LogP contribution in [-0.4, -0.2) is 53.6 Å². The number of benzene rings is 1. The lowest BCUT2D eigenvalue weighted by molar-refractivity contribution is -0.139. The van der Waals surface area contributed by atoms with E-state index in [1.165, 1.54) is 4.90 Å². The summed E-state index contributed by atoms with van der Waals surface area (Å²) in [5, 5.41) is 11.8. The van der Waals surface area contributed by atoms with E-state index in [1.807, 2.05) is 36.6 Å². The minimum atomic E-state index is -1.00. The van der Waals surface area contributed by atoms with Gasteiger partial charge in [0.15, 0.2) is 0 Å². The maximum absolute atomic E-state index is 11.9. The first-order valence-corrected chi connectivity index (χ1v) is 8.21. The summed E-state index contributed by atoms with van der Waals surface area (Å²) in [6.45, 7) is 0.595. The molecule has 0 heterocycles. The van der Waals surface area contributed by atoms with Crippen LogP contribution in [0.2, 0.25) is 0 Å². The van der Waals surface area contributed by atoms with Gasteiger partial charge in [0.25, 0.3) is 0 Å². The number of nitrogens with zero attached hydrogens (tertiary/aromatic N) is 1. The molecular weight excluding hydrogens is 288 g/mol. The molecule has 0 aliphatic heterocycles. The highest BCUT2D eigenvalue weighted by molar-refractivity contribution is 7.98. The molecule has 0 aliphatic rings. The van der Waals surface area contributed by atoms with Gasteiger partial charge < -0.3 is 15.3 Å². The third kappa shape index (κ3) is 6.53. The average Bonchev–Trinajstić information content (AvgIpc) is 2.49. The maximum atomic E-state index is 11.9. The van der Waals surface area contributed by atoms with Crippen molar-refractivity contribution in [3.63, 3.8) is 0 Å². The predicted molar refractivity (Wildman–Crippen MR) is 85.7 cm³/mol. The standard InChI is InChI=1S/C15H22N2O3S/c1-17(10-11-21-2)15(20)16-13(14(18)19)9-8-12-6-4-3-5-7-12/h3-7,13H,8-11H2,1-2H3,(H,16,20)(H,18,19)/t13-/m0/s1. The Morgan fingerprint density at radius 2 is 2.00 bits per heavy atom. The van der Waals surface area contributed by atoms with Gasteiger partial charge in [-0.05, 0) is 24.7 Å². The molecule has 2 N–H and O–H groups in total. The third-order valence-corrected chi connectivity index (χ3v) is 3.73. The molecule has 0 fully saturated rings. The number of carbonyl (C=O) groups is 2. The number of hydrogen-bond acceptors (Lipinski definition) is 3. The molecule has 21 heavy (non-hydrogen) atoms. The van der Waals surface area contributed by atoms with E-state index >= 15 is 0 Å². The molecule has 0 bridgehead atoms. The van der Waals surface area contributed by atoms with Crippen molar-refractivity contribution in [2.45, 2.75) is 18.9 Å². The Balaban J connectivity index is 2.50. The van der Waals surface area contributed by atoms with Crippen LogP contribution in [0.5, 0.6) is 0 Å². The minimum absolute atomic E-state index is 0.343. The van der Waals surface area contributed by atoms with Gasteiger partial charge >= 0.3 is 12.0 Å². The lowest BCUT2D eigenvalue weighted by atomic mass is 10.1. The van der Waals surface area contributed by atoms with Crippen molar-refractivity contribution >= 4 is 23.8 Å². The molecule has 2 amide bonds. The van der Waals surface area contributed by atoms with Crippen LogP contribution >= 0.6 is 11.8 Å². The quantitative estimate of drug-likeness (QED) is 0.771. The van der Waals surface area contributed by atoms with Crippen molar-refractivity contribution in [1.29, 1.82) is 0 Å². The molecule has 1 atom stereocenters. The van der Waals surface area contributed by atoms with Gasteiger partial charge in [0.1, 0.15) is 6.04 Å². The first-order chi connectivity index (χ1) is 10.0. The third-order valence-electron chi connectivity index (χ3n) is 3.14. The van der Waals surface area contributed by atoms with Crippen molar-refractivity contribution in [2.24, 2.45) is 0 Å². The Morgan fingerprint density at radius 3 is 2.57 bits per heavy atom. The first-order valence-electron chi connectivity index (χ1n) is 6.82. The number of nitrogens with one attached hydrogen (secondary N) is 1. The number of thioether (sulfide) groups is 1. The second kappa shape index (κ2) is 9.28. The van der Waals surface area contributed by atoms with Crippen LogP contribution in [0.25, 0.3) is 0 Å². The van der Waals surface area contributed by atoms with Gasteiger partial charge in [-0.15, -0.1) is 0 Å². The fraction of sp³-hybridized carbons (Fsp3) is 0.467. The Morgan fingerprint density at radius 1 is 1.33 bits per heavy atom. The molecule has 0 radical (unpaired) electrons. The number of amides is 2. The monoisotopic (exact) mass is 310 g/mol. The highest BCUT2D eigenvalue weighted by Gasteiger charge is 2.21. The summed E-state index contributed by atoms with van der Waals surface area (Å²) in [6, 6.07) is 8.44. The maximum Gasteiger partial charge on any atom is 0.326 e. The number of carbonyl (C=O) groups excluding carboxylic acids is 1. The van der Waals surface area contributed by atoms with Crippen LogP contribution in [0.15, 0.2) is 30.3 Å². The van der Waals surface area contributed by atoms with Crippen LogP contribution < -0.4 is 5.32 Å². The van der Waals surface area contributed by atoms with Gasteiger partial charge in [0.05, 0.1) is 0 Å². The molecule has 0 saturated heterocycles. The molecule has 5 nitrogen and oxygen atoms in total. The summed E-state index contributed by atoms with van der Waals surface area (Å²) in [6.07, 6.45) is 2.96. The second-order valence-electron chi connectivity index (χ2n) is 4.78. The van der Waals surface area contributed by atoms with E-state index in [0.717, 1.165) is 11.3 Å². The lowest BCUT2D eigenvalue weighted by Gasteiger charge is -2.21. The van der Waals surface area contributed by atoms with E-state index in [1.54, 1.807) is 18.8 Å². The predicted octanol–water partition coefficient (Wildman–Crippen LogP) is 2.08. The van der Waals surface area contributed by atoms with E-state index in [9.17, 15) is 14.7 Å². The fourth-order valence-electron chi connectivity index (χ4n) is 1.80.